The number of ketones is 1. The number of hydrogen-bond donors (Lipinski definition) is 2. The molecule has 1 aromatic carbocycles. The van der Waals surface area contributed by atoms with Crippen molar-refractivity contribution in [3.8, 4) is 5.88 Å². The molecule has 0 spiro atoms. The van der Waals surface area contributed by atoms with E-state index in [2.05, 4.69) is 19.7 Å². The van der Waals surface area contributed by atoms with E-state index in [0.717, 1.165) is 31.5 Å². The first-order valence-electron chi connectivity index (χ1n) is 9.86. The van der Waals surface area contributed by atoms with E-state index in [1.807, 2.05) is 0 Å². The number of carboxylic acid groups (broad SMARTS) is 1. The summed E-state index contributed by atoms with van der Waals surface area (Å²) in [5.74, 6) is -5.47. The highest BCUT2D eigenvalue weighted by Crippen LogP contribution is 2.43. The van der Waals surface area contributed by atoms with E-state index in [0.29, 0.717) is 0 Å². The monoisotopic (exact) mass is 504 g/mol. The fraction of sp³-hybridized carbons (Fsp3) is 0.381. The molecule has 0 aliphatic carbocycles. The Bertz CT molecular complexity index is 1070. The number of benzene rings is 1. The third kappa shape index (κ3) is 6.91. The SMILES string of the molecule is C[C@]1(c2cc(CC(=O)c3cnc(OCC(F)F)cn3)ccc2F)N=C(N)COCC1(F)F.O=CO. The maximum atomic E-state index is 14.8. The molecule has 3 N–H and O–H groups in total. The summed E-state index contributed by atoms with van der Waals surface area (Å²) in [5, 5.41) is 6.89. The average Bonchev–Trinajstić information content (AvgIpc) is 2.89. The van der Waals surface area contributed by atoms with Crippen LogP contribution in [0.3, 0.4) is 0 Å². The van der Waals surface area contributed by atoms with Crippen molar-refractivity contribution in [3.05, 3.63) is 53.2 Å². The van der Waals surface area contributed by atoms with Crippen molar-refractivity contribution in [3.63, 3.8) is 0 Å². The van der Waals surface area contributed by atoms with Gasteiger partial charge in [0.1, 0.15) is 30.6 Å². The van der Waals surface area contributed by atoms with Crippen LogP contribution >= 0.6 is 0 Å². The molecular formula is C21H21F5N4O5. The van der Waals surface area contributed by atoms with Crippen LogP contribution in [0.5, 0.6) is 5.88 Å². The van der Waals surface area contributed by atoms with Crippen LogP contribution in [0.2, 0.25) is 0 Å². The largest absolute Gasteiger partial charge is 0.483 e. The number of halogens is 5. The second kappa shape index (κ2) is 11.6. The lowest BCUT2D eigenvalue weighted by molar-refractivity contribution is -0.122. The van der Waals surface area contributed by atoms with Crippen LogP contribution in [0.4, 0.5) is 22.0 Å². The average molecular weight is 504 g/mol. The minimum absolute atomic E-state index is 0.109. The highest BCUT2D eigenvalue weighted by molar-refractivity contribution is 5.95. The minimum Gasteiger partial charge on any atom is -0.483 e. The number of amidine groups is 1. The van der Waals surface area contributed by atoms with Gasteiger partial charge in [-0.1, -0.05) is 6.07 Å². The zero-order valence-corrected chi connectivity index (χ0v) is 18.3. The molecule has 2 aromatic rings. The molecule has 0 unspecified atom stereocenters. The number of nitrogens with zero attached hydrogens (tertiary/aromatic N) is 3. The molecule has 0 fully saturated rings. The third-order valence-corrected chi connectivity index (χ3v) is 4.80. The standard InChI is InChI=1S/C20H19F5N4O3.CH2O2/c1-19(20(24,25)10-31-9-17(26)29-19)12-4-11(2-3-13(12)21)5-15(30)14-6-28-18(7-27-14)32-8-16(22)23;2-1-3/h2-4,6-7,16H,5,8-10H2,1H3,(H2,26,29);1H,(H,2,3)/t19-;/m1./s1. The van der Waals surface area contributed by atoms with Crippen LogP contribution in [0.1, 0.15) is 28.5 Å². The second-order valence-corrected chi connectivity index (χ2v) is 7.33. The Balaban J connectivity index is 0.00000137. The summed E-state index contributed by atoms with van der Waals surface area (Å²) in [7, 11) is 0. The maximum Gasteiger partial charge on any atom is 0.299 e. The Labute approximate surface area is 195 Å². The van der Waals surface area contributed by atoms with Gasteiger partial charge < -0.3 is 20.3 Å². The summed E-state index contributed by atoms with van der Waals surface area (Å²) >= 11 is 0. The van der Waals surface area contributed by atoms with Crippen molar-refractivity contribution in [2.75, 3.05) is 19.8 Å². The van der Waals surface area contributed by atoms with Gasteiger partial charge in [-0.25, -0.2) is 31.9 Å². The van der Waals surface area contributed by atoms with Gasteiger partial charge >= 0.3 is 0 Å². The van der Waals surface area contributed by atoms with E-state index in [1.54, 1.807) is 0 Å². The molecule has 0 radical (unpaired) electrons. The molecule has 0 amide bonds. The molecule has 190 valence electrons. The van der Waals surface area contributed by atoms with Crippen LogP contribution in [-0.2, 0) is 21.5 Å². The van der Waals surface area contributed by atoms with Crippen molar-refractivity contribution in [1.29, 1.82) is 0 Å². The first kappa shape index (κ1) is 27.6. The normalized spacial score (nSPS) is 19.1. The second-order valence-electron chi connectivity index (χ2n) is 7.33. The Morgan fingerprint density at radius 1 is 1.31 bits per heavy atom. The van der Waals surface area contributed by atoms with Crippen LogP contribution in [0.15, 0.2) is 35.6 Å². The molecule has 1 aromatic heterocycles. The first-order valence-corrected chi connectivity index (χ1v) is 9.86. The topological polar surface area (TPSA) is 137 Å². The molecule has 2 heterocycles. The lowest BCUT2D eigenvalue weighted by Crippen LogP contribution is -2.45. The van der Waals surface area contributed by atoms with Gasteiger partial charge in [0.15, 0.2) is 17.9 Å². The number of alkyl halides is 4. The number of nitrogens with two attached hydrogens (primary N) is 1. The van der Waals surface area contributed by atoms with Crippen molar-refractivity contribution in [1.82, 2.24) is 9.97 Å². The summed E-state index contributed by atoms with van der Waals surface area (Å²) in [5.41, 5.74) is 2.94. The molecule has 1 atom stereocenters. The third-order valence-electron chi connectivity index (χ3n) is 4.80. The van der Waals surface area contributed by atoms with Crippen LogP contribution in [-0.4, -0.2) is 65.3 Å². The van der Waals surface area contributed by atoms with Gasteiger partial charge in [0.2, 0.25) is 5.88 Å². The van der Waals surface area contributed by atoms with E-state index in [1.165, 1.54) is 6.07 Å². The Morgan fingerprint density at radius 3 is 2.60 bits per heavy atom. The van der Waals surface area contributed by atoms with Gasteiger partial charge in [-0.3, -0.25) is 14.6 Å². The molecule has 0 saturated carbocycles. The number of hydrogen-bond acceptors (Lipinski definition) is 8. The molecule has 9 nitrogen and oxygen atoms in total. The van der Waals surface area contributed by atoms with E-state index < -0.39 is 48.3 Å². The van der Waals surface area contributed by atoms with Crippen molar-refractivity contribution < 1.29 is 46.1 Å². The maximum absolute atomic E-state index is 14.8. The summed E-state index contributed by atoms with van der Waals surface area (Å²) in [6.45, 7) is -1.41. The molecule has 3 rings (SSSR count). The lowest BCUT2D eigenvalue weighted by Gasteiger charge is -2.33. The number of ether oxygens (including phenoxy) is 2. The number of carbonyl (C=O) groups excluding carboxylic acids is 1. The molecule has 35 heavy (non-hydrogen) atoms. The van der Waals surface area contributed by atoms with E-state index >= 15 is 0 Å². The van der Waals surface area contributed by atoms with Crippen molar-refractivity contribution in [2.24, 2.45) is 10.7 Å². The van der Waals surface area contributed by atoms with E-state index in [4.69, 9.17) is 20.4 Å². The molecule has 14 heteroatoms. The molecule has 0 saturated heterocycles. The van der Waals surface area contributed by atoms with Crippen molar-refractivity contribution in [2.45, 2.75) is 31.2 Å². The van der Waals surface area contributed by atoms with Gasteiger partial charge in [-0.15, -0.1) is 0 Å². The number of carbonyl (C=O) groups is 2. The van der Waals surface area contributed by atoms with Gasteiger partial charge in [0.05, 0.1) is 12.4 Å². The van der Waals surface area contributed by atoms with Crippen molar-refractivity contribution >= 4 is 18.1 Å². The number of Topliss-reactive ketones (excluding diaryl/α,β-unsaturated/α-hetero) is 1. The number of rotatable bonds is 7. The quantitative estimate of drug-likeness (QED) is 0.334. The van der Waals surface area contributed by atoms with Crippen LogP contribution in [0.25, 0.3) is 0 Å². The highest BCUT2D eigenvalue weighted by Gasteiger charge is 2.54. The predicted octanol–water partition coefficient (Wildman–Crippen LogP) is 2.62. The Kier molecular flexibility index (Phi) is 9.17. The summed E-state index contributed by atoms with van der Waals surface area (Å²) < 4.78 is 77.9. The summed E-state index contributed by atoms with van der Waals surface area (Å²) in [6.07, 6.45) is -0.955. The van der Waals surface area contributed by atoms with Crippen LogP contribution in [0, 0.1) is 5.82 Å². The molecule has 1 aliphatic rings. The highest BCUT2D eigenvalue weighted by atomic mass is 19.3. The summed E-state index contributed by atoms with van der Waals surface area (Å²) in [6, 6.07) is 3.35. The van der Waals surface area contributed by atoms with Gasteiger partial charge in [0, 0.05) is 12.0 Å². The first-order chi connectivity index (χ1) is 16.4. The summed E-state index contributed by atoms with van der Waals surface area (Å²) in [4.78, 5) is 32.2. The van der Waals surface area contributed by atoms with E-state index in [9.17, 15) is 26.7 Å². The molecule has 1 aliphatic heterocycles. The van der Waals surface area contributed by atoms with E-state index in [-0.39, 0.29) is 42.5 Å². The van der Waals surface area contributed by atoms with Gasteiger partial charge in [0.25, 0.3) is 18.8 Å². The fourth-order valence-electron chi connectivity index (χ4n) is 3.10. The smallest absolute Gasteiger partial charge is 0.299 e. The molecule has 0 bridgehead atoms. The lowest BCUT2D eigenvalue weighted by atomic mass is 9.84. The van der Waals surface area contributed by atoms with Gasteiger partial charge in [-0.2, -0.15) is 0 Å². The number of aliphatic imine (C=N–C) groups is 1. The zero-order chi connectivity index (χ0) is 26.2. The minimum atomic E-state index is -3.57. The zero-order valence-electron chi connectivity index (χ0n) is 18.3. The Morgan fingerprint density at radius 2 is 2.00 bits per heavy atom. The Hall–Kier alpha value is -3.68. The predicted molar refractivity (Wildman–Crippen MR) is 111 cm³/mol. The number of aromatic nitrogens is 2. The fourth-order valence-corrected chi connectivity index (χ4v) is 3.10. The van der Waals surface area contributed by atoms with Crippen LogP contribution < -0.4 is 10.5 Å². The van der Waals surface area contributed by atoms with Gasteiger partial charge in [-0.05, 0) is 24.6 Å². The molecular weight excluding hydrogens is 483 g/mol.